The normalized spacial score (nSPS) is 16.6. The molecule has 148 valence electrons. The van der Waals surface area contributed by atoms with Crippen LogP contribution in [-0.4, -0.2) is 50.6 Å². The van der Waals surface area contributed by atoms with Gasteiger partial charge in [-0.2, -0.15) is 4.68 Å². The predicted octanol–water partition coefficient (Wildman–Crippen LogP) is 1.89. The number of hydrogen-bond donors (Lipinski definition) is 2. The van der Waals surface area contributed by atoms with Crippen LogP contribution in [0.5, 0.6) is 0 Å². The Bertz CT molecular complexity index is 919. The van der Waals surface area contributed by atoms with Crippen LogP contribution in [0, 0.1) is 13.8 Å². The van der Waals surface area contributed by atoms with Crippen LogP contribution >= 0.6 is 11.8 Å². The van der Waals surface area contributed by atoms with Gasteiger partial charge in [0.05, 0.1) is 23.9 Å². The quantitative estimate of drug-likeness (QED) is 0.561. The number of aromatic nitrogens is 4. The summed E-state index contributed by atoms with van der Waals surface area (Å²) in [6.07, 6.45) is 0. The van der Waals surface area contributed by atoms with Crippen molar-refractivity contribution in [2.45, 2.75) is 38.9 Å². The third kappa shape index (κ3) is 4.01. The number of rotatable bonds is 6. The molecule has 2 heterocycles. The van der Waals surface area contributed by atoms with Gasteiger partial charge in [-0.3, -0.25) is 0 Å². The lowest BCUT2D eigenvalue weighted by Crippen LogP contribution is -2.49. The number of esters is 1. The fourth-order valence-electron chi connectivity index (χ4n) is 3.08. The van der Waals surface area contributed by atoms with Crippen LogP contribution in [-0.2, 0) is 9.53 Å². The second kappa shape index (κ2) is 8.42. The van der Waals surface area contributed by atoms with Gasteiger partial charge in [0.25, 0.3) is 0 Å². The number of nitrogens with zero attached hydrogens (tertiary/aromatic N) is 4. The molecule has 1 atom stereocenters. The van der Waals surface area contributed by atoms with E-state index >= 15 is 0 Å². The van der Waals surface area contributed by atoms with Crippen LogP contribution in [0.3, 0.4) is 0 Å². The first kappa shape index (κ1) is 19.9. The second-order valence-electron chi connectivity index (χ2n) is 6.34. The second-order valence-corrected chi connectivity index (χ2v) is 7.28. The van der Waals surface area contributed by atoms with Crippen LogP contribution in [0.25, 0.3) is 5.69 Å². The minimum Gasteiger partial charge on any atom is -0.463 e. The summed E-state index contributed by atoms with van der Waals surface area (Å²) in [5, 5.41) is 18.0. The van der Waals surface area contributed by atoms with Gasteiger partial charge in [-0.1, -0.05) is 30.0 Å². The van der Waals surface area contributed by atoms with E-state index in [9.17, 15) is 9.59 Å². The van der Waals surface area contributed by atoms with Crippen molar-refractivity contribution in [3.63, 3.8) is 0 Å². The van der Waals surface area contributed by atoms with E-state index in [4.69, 9.17) is 4.74 Å². The minimum absolute atomic E-state index is 0.258. The van der Waals surface area contributed by atoms with E-state index in [1.165, 1.54) is 11.8 Å². The Balaban J connectivity index is 1.89. The van der Waals surface area contributed by atoms with Crippen molar-refractivity contribution in [3.05, 3.63) is 40.6 Å². The Morgan fingerprint density at radius 1 is 1.32 bits per heavy atom. The average molecular weight is 402 g/mol. The molecule has 10 heteroatoms. The number of tetrazole rings is 1. The first-order chi connectivity index (χ1) is 13.4. The number of aryl methyl sites for hydroxylation is 2. The topological polar surface area (TPSA) is 111 Å². The van der Waals surface area contributed by atoms with E-state index in [2.05, 4.69) is 26.2 Å². The lowest BCUT2D eigenvalue weighted by molar-refractivity contribution is -0.138. The Hall–Kier alpha value is -2.88. The van der Waals surface area contributed by atoms with E-state index in [1.54, 1.807) is 18.5 Å². The molecule has 9 nitrogen and oxygen atoms in total. The van der Waals surface area contributed by atoms with Crippen LogP contribution in [0.2, 0.25) is 0 Å². The van der Waals surface area contributed by atoms with E-state index in [0.29, 0.717) is 22.2 Å². The lowest BCUT2D eigenvalue weighted by atomic mass is 10.1. The number of carbonyl (C=O) groups excluding carboxylic acids is 2. The van der Waals surface area contributed by atoms with E-state index in [0.717, 1.165) is 16.8 Å². The molecule has 3 rings (SSSR count). The third-order valence-electron chi connectivity index (χ3n) is 4.30. The van der Waals surface area contributed by atoms with Crippen molar-refractivity contribution in [1.29, 1.82) is 0 Å². The molecule has 0 saturated heterocycles. The van der Waals surface area contributed by atoms with Gasteiger partial charge in [-0.25, -0.2) is 9.59 Å². The number of hydrogen-bond acceptors (Lipinski definition) is 7. The summed E-state index contributed by atoms with van der Waals surface area (Å²) in [5.74, 6) is -0.135. The Kier molecular flexibility index (Phi) is 5.98. The molecule has 0 spiro atoms. The van der Waals surface area contributed by atoms with Gasteiger partial charge in [0.2, 0.25) is 5.16 Å². The fraction of sp³-hybridized carbons (Fsp3) is 0.389. The van der Waals surface area contributed by atoms with Crippen molar-refractivity contribution in [2.75, 3.05) is 12.4 Å². The van der Waals surface area contributed by atoms with Crippen molar-refractivity contribution in [3.8, 4) is 5.69 Å². The summed E-state index contributed by atoms with van der Waals surface area (Å²) >= 11 is 1.33. The van der Waals surface area contributed by atoms with Gasteiger partial charge < -0.3 is 15.4 Å². The predicted molar refractivity (Wildman–Crippen MR) is 104 cm³/mol. The minimum atomic E-state index is -0.451. The molecule has 0 saturated carbocycles. The van der Waals surface area contributed by atoms with Gasteiger partial charge >= 0.3 is 12.0 Å². The summed E-state index contributed by atoms with van der Waals surface area (Å²) < 4.78 is 6.81. The first-order valence-corrected chi connectivity index (χ1v) is 9.86. The number of nitrogens with one attached hydrogen (secondary N) is 2. The first-order valence-electron chi connectivity index (χ1n) is 8.87. The van der Waals surface area contributed by atoms with Crippen molar-refractivity contribution in [2.24, 2.45) is 0 Å². The summed E-state index contributed by atoms with van der Waals surface area (Å²) in [6, 6.07) is 5.17. The Labute approximate surface area is 166 Å². The standard InChI is InChI=1S/C18H22N6O3S/c1-5-27-16(25)14-12(4)19-17(26)20-13(14)9-28-18-21-22-23-24(18)15-10(2)7-6-8-11(15)3/h6-8,12H,5,9H2,1-4H3,(H2,19,20,26)/t12-/m1/s1. The van der Waals surface area contributed by atoms with Crippen LogP contribution < -0.4 is 10.6 Å². The van der Waals surface area contributed by atoms with Crippen molar-refractivity contribution < 1.29 is 14.3 Å². The largest absolute Gasteiger partial charge is 0.463 e. The molecule has 1 aromatic carbocycles. The summed E-state index contributed by atoms with van der Waals surface area (Å²) in [4.78, 5) is 24.2. The number of carbonyl (C=O) groups is 2. The maximum atomic E-state index is 12.3. The molecule has 1 aliphatic heterocycles. The highest BCUT2D eigenvalue weighted by atomic mass is 32.2. The Morgan fingerprint density at radius 2 is 2.04 bits per heavy atom. The van der Waals surface area contributed by atoms with Crippen LogP contribution in [0.1, 0.15) is 25.0 Å². The smallest absolute Gasteiger partial charge is 0.337 e. The molecule has 0 radical (unpaired) electrons. The maximum absolute atomic E-state index is 12.3. The SMILES string of the molecule is CCOC(=O)C1=C(CSc2nnnn2-c2c(C)cccc2C)NC(=O)N[C@@H]1C. The number of thioether (sulfide) groups is 1. The molecule has 0 bridgehead atoms. The summed E-state index contributed by atoms with van der Waals surface area (Å²) in [5.41, 5.74) is 3.90. The molecule has 2 amide bonds. The Morgan fingerprint density at radius 3 is 2.71 bits per heavy atom. The molecular weight excluding hydrogens is 380 g/mol. The zero-order chi connectivity index (χ0) is 20.3. The molecule has 0 unspecified atom stereocenters. The molecular formula is C18H22N6O3S. The molecule has 28 heavy (non-hydrogen) atoms. The lowest BCUT2D eigenvalue weighted by Gasteiger charge is -2.26. The molecule has 2 aromatic rings. The van der Waals surface area contributed by atoms with Gasteiger partial charge in [-0.15, -0.1) is 5.10 Å². The maximum Gasteiger partial charge on any atom is 0.337 e. The highest BCUT2D eigenvalue weighted by Crippen LogP contribution is 2.26. The molecule has 1 aliphatic rings. The van der Waals surface area contributed by atoms with Gasteiger partial charge in [-0.05, 0) is 49.2 Å². The van der Waals surface area contributed by atoms with Crippen molar-refractivity contribution >= 4 is 23.8 Å². The number of amides is 2. The molecule has 1 aromatic heterocycles. The third-order valence-corrected chi connectivity index (χ3v) is 5.25. The highest BCUT2D eigenvalue weighted by molar-refractivity contribution is 7.99. The average Bonchev–Trinajstić information content (AvgIpc) is 3.07. The van der Waals surface area contributed by atoms with E-state index < -0.39 is 12.0 Å². The van der Waals surface area contributed by atoms with E-state index in [1.807, 2.05) is 32.0 Å². The molecule has 0 fully saturated rings. The molecule has 0 aliphatic carbocycles. The van der Waals surface area contributed by atoms with Crippen molar-refractivity contribution in [1.82, 2.24) is 30.8 Å². The van der Waals surface area contributed by atoms with Gasteiger partial charge in [0, 0.05) is 11.4 Å². The zero-order valence-electron chi connectivity index (χ0n) is 16.1. The van der Waals surface area contributed by atoms with Gasteiger partial charge in [0.15, 0.2) is 0 Å². The summed E-state index contributed by atoms with van der Waals surface area (Å²) in [7, 11) is 0. The van der Waals surface area contributed by atoms with Crippen LogP contribution in [0.4, 0.5) is 4.79 Å². The monoisotopic (exact) mass is 402 g/mol. The van der Waals surface area contributed by atoms with E-state index in [-0.39, 0.29) is 12.6 Å². The molecule has 2 N–H and O–H groups in total. The zero-order valence-corrected chi connectivity index (χ0v) is 17.0. The van der Waals surface area contributed by atoms with Crippen LogP contribution in [0.15, 0.2) is 34.6 Å². The number of urea groups is 1. The number of ether oxygens (including phenoxy) is 1. The number of benzene rings is 1. The van der Waals surface area contributed by atoms with Gasteiger partial charge in [0.1, 0.15) is 0 Å². The highest BCUT2D eigenvalue weighted by Gasteiger charge is 2.30. The number of para-hydroxylation sites is 1. The fourth-order valence-corrected chi connectivity index (χ4v) is 3.92. The summed E-state index contributed by atoms with van der Waals surface area (Å²) in [6.45, 7) is 7.73.